The van der Waals surface area contributed by atoms with Gasteiger partial charge in [0.2, 0.25) is 11.8 Å². The minimum Gasteiger partial charge on any atom is -0.436 e. The van der Waals surface area contributed by atoms with E-state index in [9.17, 15) is 4.79 Å². The van der Waals surface area contributed by atoms with Crippen LogP contribution in [0.5, 0.6) is 0 Å². The van der Waals surface area contributed by atoms with Gasteiger partial charge in [-0.1, -0.05) is 42.5 Å². The van der Waals surface area contributed by atoms with E-state index in [1.54, 1.807) is 0 Å². The Bertz CT molecular complexity index is 1030. The van der Waals surface area contributed by atoms with Crippen molar-refractivity contribution in [3.63, 3.8) is 0 Å². The van der Waals surface area contributed by atoms with Crippen molar-refractivity contribution < 1.29 is 9.21 Å². The molecule has 112 valence electrons. The molecule has 1 N–H and O–H groups in total. The van der Waals surface area contributed by atoms with Crippen LogP contribution in [0.2, 0.25) is 0 Å². The molecule has 0 saturated heterocycles. The number of carbonyl (C=O) groups is 1. The Morgan fingerprint density at radius 1 is 1.00 bits per heavy atom. The molecule has 0 radical (unpaired) electrons. The third-order valence-corrected chi connectivity index (χ3v) is 3.75. The first-order valence-corrected chi connectivity index (χ1v) is 7.37. The molecule has 4 nitrogen and oxygen atoms in total. The largest absolute Gasteiger partial charge is 0.436 e. The topological polar surface area (TPSA) is 55.1 Å². The standard InChI is InChI=1S/C19H14N2O2/c1-12(22)20-16-9-5-4-8-15(16)19-21-18-14-7-3-2-6-13(14)10-11-17(18)23-19/h2-11H,1H3,(H,20,22). The van der Waals surface area contributed by atoms with Crippen molar-refractivity contribution in [1.29, 1.82) is 0 Å². The Morgan fingerprint density at radius 3 is 2.65 bits per heavy atom. The van der Waals surface area contributed by atoms with Crippen molar-refractivity contribution in [2.24, 2.45) is 0 Å². The fourth-order valence-electron chi connectivity index (χ4n) is 2.74. The Kier molecular flexibility index (Phi) is 3.08. The van der Waals surface area contributed by atoms with Gasteiger partial charge in [0.05, 0.1) is 11.3 Å². The minimum absolute atomic E-state index is 0.126. The van der Waals surface area contributed by atoms with Gasteiger partial charge in [-0.2, -0.15) is 0 Å². The molecule has 0 unspecified atom stereocenters. The maximum absolute atomic E-state index is 11.4. The fourth-order valence-corrected chi connectivity index (χ4v) is 2.74. The zero-order chi connectivity index (χ0) is 15.8. The summed E-state index contributed by atoms with van der Waals surface area (Å²) < 4.78 is 5.92. The Labute approximate surface area is 132 Å². The first-order chi connectivity index (χ1) is 11.2. The van der Waals surface area contributed by atoms with Gasteiger partial charge in [-0.05, 0) is 23.6 Å². The third-order valence-electron chi connectivity index (χ3n) is 3.75. The van der Waals surface area contributed by atoms with Crippen LogP contribution in [0.4, 0.5) is 5.69 Å². The number of benzene rings is 3. The van der Waals surface area contributed by atoms with E-state index >= 15 is 0 Å². The summed E-state index contributed by atoms with van der Waals surface area (Å²) in [7, 11) is 0. The molecular weight excluding hydrogens is 288 g/mol. The summed E-state index contributed by atoms with van der Waals surface area (Å²) in [6.07, 6.45) is 0. The van der Waals surface area contributed by atoms with Crippen molar-refractivity contribution in [3.05, 3.63) is 60.7 Å². The predicted octanol–water partition coefficient (Wildman–Crippen LogP) is 4.61. The highest BCUT2D eigenvalue weighted by Gasteiger charge is 2.14. The molecule has 0 spiro atoms. The molecule has 0 atom stereocenters. The van der Waals surface area contributed by atoms with E-state index in [0.717, 1.165) is 27.4 Å². The maximum Gasteiger partial charge on any atom is 0.229 e. The predicted molar refractivity (Wildman–Crippen MR) is 91.3 cm³/mol. The maximum atomic E-state index is 11.4. The number of amides is 1. The lowest BCUT2D eigenvalue weighted by Gasteiger charge is -2.06. The summed E-state index contributed by atoms with van der Waals surface area (Å²) in [6, 6.07) is 19.5. The van der Waals surface area contributed by atoms with Gasteiger partial charge >= 0.3 is 0 Å². The highest BCUT2D eigenvalue weighted by molar-refractivity contribution is 6.04. The second-order valence-corrected chi connectivity index (χ2v) is 5.38. The van der Waals surface area contributed by atoms with Gasteiger partial charge in [0.15, 0.2) is 5.58 Å². The molecule has 1 aromatic heterocycles. The summed E-state index contributed by atoms with van der Waals surface area (Å²) in [5, 5.41) is 4.99. The van der Waals surface area contributed by atoms with Crippen LogP contribution in [0.25, 0.3) is 33.3 Å². The van der Waals surface area contributed by atoms with Crippen LogP contribution < -0.4 is 5.32 Å². The minimum atomic E-state index is -0.126. The molecule has 1 heterocycles. The summed E-state index contributed by atoms with van der Waals surface area (Å²) in [5.41, 5.74) is 3.02. The van der Waals surface area contributed by atoms with Crippen molar-refractivity contribution in [3.8, 4) is 11.5 Å². The molecule has 0 bridgehead atoms. The summed E-state index contributed by atoms with van der Waals surface area (Å²) in [5.74, 6) is 0.375. The second-order valence-electron chi connectivity index (χ2n) is 5.38. The van der Waals surface area contributed by atoms with E-state index in [2.05, 4.69) is 10.3 Å². The average molecular weight is 302 g/mol. The lowest BCUT2D eigenvalue weighted by atomic mass is 10.1. The van der Waals surface area contributed by atoms with Crippen molar-refractivity contribution >= 4 is 33.5 Å². The van der Waals surface area contributed by atoms with Gasteiger partial charge in [-0.15, -0.1) is 0 Å². The van der Waals surface area contributed by atoms with Gasteiger partial charge in [0.25, 0.3) is 0 Å². The highest BCUT2D eigenvalue weighted by atomic mass is 16.3. The first kappa shape index (κ1) is 13.5. The average Bonchev–Trinajstić information content (AvgIpc) is 2.99. The molecule has 4 rings (SSSR count). The number of nitrogens with one attached hydrogen (secondary N) is 1. The Hall–Kier alpha value is -3.14. The summed E-state index contributed by atoms with van der Waals surface area (Å²) >= 11 is 0. The van der Waals surface area contributed by atoms with Gasteiger partial charge in [-0.25, -0.2) is 4.98 Å². The molecule has 4 heteroatoms. The number of hydrogen-bond donors (Lipinski definition) is 1. The fraction of sp³-hybridized carbons (Fsp3) is 0.0526. The number of para-hydroxylation sites is 1. The third kappa shape index (κ3) is 2.34. The molecule has 0 aliphatic heterocycles. The van der Waals surface area contributed by atoms with E-state index in [1.165, 1.54) is 6.92 Å². The highest BCUT2D eigenvalue weighted by Crippen LogP contribution is 2.32. The molecule has 0 aliphatic carbocycles. The SMILES string of the molecule is CC(=O)Nc1ccccc1-c1nc2c(ccc3ccccc32)o1. The normalized spacial score (nSPS) is 11.0. The Morgan fingerprint density at radius 2 is 1.78 bits per heavy atom. The molecule has 0 saturated carbocycles. The monoisotopic (exact) mass is 302 g/mol. The quantitative estimate of drug-likeness (QED) is 0.588. The number of fused-ring (bicyclic) bond motifs is 3. The van der Waals surface area contributed by atoms with Crippen LogP contribution in [0.15, 0.2) is 65.1 Å². The van der Waals surface area contributed by atoms with Crippen LogP contribution >= 0.6 is 0 Å². The smallest absolute Gasteiger partial charge is 0.229 e. The number of nitrogens with zero attached hydrogens (tertiary/aromatic N) is 1. The van der Waals surface area contributed by atoms with Gasteiger partial charge in [-0.3, -0.25) is 4.79 Å². The number of carbonyl (C=O) groups excluding carboxylic acids is 1. The van der Waals surface area contributed by atoms with Gasteiger partial charge in [0.1, 0.15) is 5.52 Å². The van der Waals surface area contributed by atoms with Gasteiger partial charge in [0, 0.05) is 12.3 Å². The van der Waals surface area contributed by atoms with E-state index in [1.807, 2.05) is 60.7 Å². The molecule has 23 heavy (non-hydrogen) atoms. The lowest BCUT2D eigenvalue weighted by Crippen LogP contribution is -2.06. The van der Waals surface area contributed by atoms with E-state index in [4.69, 9.17) is 4.42 Å². The van der Waals surface area contributed by atoms with Gasteiger partial charge < -0.3 is 9.73 Å². The number of oxazole rings is 1. The van der Waals surface area contributed by atoms with Crippen molar-refractivity contribution in [1.82, 2.24) is 4.98 Å². The lowest BCUT2D eigenvalue weighted by molar-refractivity contribution is -0.114. The number of rotatable bonds is 2. The summed E-state index contributed by atoms with van der Waals surface area (Å²) in [4.78, 5) is 16.0. The second kappa shape index (κ2) is 5.25. The van der Waals surface area contributed by atoms with Crippen LogP contribution in [0.3, 0.4) is 0 Å². The van der Waals surface area contributed by atoms with Crippen LogP contribution in [0.1, 0.15) is 6.92 Å². The number of aromatic nitrogens is 1. The molecular formula is C19H14N2O2. The summed E-state index contributed by atoms with van der Waals surface area (Å²) in [6.45, 7) is 1.48. The Balaban J connectivity index is 1.94. The van der Waals surface area contributed by atoms with Crippen LogP contribution in [0, 0.1) is 0 Å². The molecule has 4 aromatic rings. The molecule has 1 amide bonds. The van der Waals surface area contributed by atoms with Crippen LogP contribution in [-0.4, -0.2) is 10.9 Å². The molecule has 0 fully saturated rings. The number of hydrogen-bond acceptors (Lipinski definition) is 3. The zero-order valence-electron chi connectivity index (χ0n) is 12.5. The number of anilines is 1. The molecule has 3 aromatic carbocycles. The van der Waals surface area contributed by atoms with E-state index in [0.29, 0.717) is 11.6 Å². The van der Waals surface area contributed by atoms with Crippen molar-refractivity contribution in [2.45, 2.75) is 6.92 Å². The first-order valence-electron chi connectivity index (χ1n) is 7.37. The van der Waals surface area contributed by atoms with E-state index < -0.39 is 0 Å². The van der Waals surface area contributed by atoms with Crippen LogP contribution in [-0.2, 0) is 4.79 Å². The molecule has 0 aliphatic rings. The van der Waals surface area contributed by atoms with Crippen molar-refractivity contribution in [2.75, 3.05) is 5.32 Å². The zero-order valence-corrected chi connectivity index (χ0v) is 12.5. The van der Waals surface area contributed by atoms with E-state index in [-0.39, 0.29) is 5.91 Å².